The molecule has 0 aliphatic rings. The Morgan fingerprint density at radius 2 is 1.81 bits per heavy atom. The standard InChI is InChI=1S/C22H27N3O4S2/c1-6-18(25(31(5,28)29)17-10-7-15(4)8-11-17)21(26)23-16-9-12-19-20(13-16)30-22(27)24(19)14(2)3/h7-14,18H,6H2,1-5H3,(H,23,26). The van der Waals surface area contributed by atoms with Gasteiger partial charge >= 0.3 is 4.87 Å². The quantitative estimate of drug-likeness (QED) is 0.573. The lowest BCUT2D eigenvalue weighted by Crippen LogP contribution is -2.47. The van der Waals surface area contributed by atoms with Crippen molar-refractivity contribution in [3.63, 3.8) is 0 Å². The van der Waals surface area contributed by atoms with Crippen molar-refractivity contribution in [1.29, 1.82) is 0 Å². The normalized spacial score (nSPS) is 12.8. The fourth-order valence-electron chi connectivity index (χ4n) is 3.58. The smallest absolute Gasteiger partial charge is 0.308 e. The van der Waals surface area contributed by atoms with E-state index < -0.39 is 22.0 Å². The zero-order valence-electron chi connectivity index (χ0n) is 18.2. The average molecular weight is 462 g/mol. The first-order valence-electron chi connectivity index (χ1n) is 10.0. The van der Waals surface area contributed by atoms with Crippen molar-refractivity contribution in [2.45, 2.75) is 46.2 Å². The molecule has 166 valence electrons. The Hall–Kier alpha value is -2.65. The van der Waals surface area contributed by atoms with Crippen LogP contribution in [0.1, 0.15) is 38.8 Å². The Bertz CT molecular complexity index is 1260. The third-order valence-electron chi connectivity index (χ3n) is 5.02. The van der Waals surface area contributed by atoms with Crippen molar-refractivity contribution >= 4 is 48.9 Å². The molecule has 0 spiro atoms. The number of aryl methyl sites for hydroxylation is 1. The summed E-state index contributed by atoms with van der Waals surface area (Å²) in [6.07, 6.45) is 1.40. The van der Waals surface area contributed by atoms with Gasteiger partial charge in [-0.25, -0.2) is 8.42 Å². The van der Waals surface area contributed by atoms with E-state index in [0.29, 0.717) is 17.8 Å². The van der Waals surface area contributed by atoms with Crippen molar-refractivity contribution in [2.75, 3.05) is 15.9 Å². The maximum atomic E-state index is 13.1. The molecular formula is C22H27N3O4S2. The highest BCUT2D eigenvalue weighted by Crippen LogP contribution is 2.26. The van der Waals surface area contributed by atoms with Crippen LogP contribution < -0.4 is 14.5 Å². The van der Waals surface area contributed by atoms with Crippen LogP contribution in [-0.2, 0) is 14.8 Å². The largest absolute Gasteiger partial charge is 0.324 e. The van der Waals surface area contributed by atoms with E-state index in [2.05, 4.69) is 5.32 Å². The summed E-state index contributed by atoms with van der Waals surface area (Å²) >= 11 is 1.12. The number of carbonyl (C=O) groups excluding carboxylic acids is 1. The van der Waals surface area contributed by atoms with Gasteiger partial charge in [-0.05, 0) is 57.5 Å². The first-order chi connectivity index (χ1) is 14.5. The molecule has 0 radical (unpaired) electrons. The van der Waals surface area contributed by atoms with Crippen molar-refractivity contribution in [3.05, 3.63) is 57.7 Å². The lowest BCUT2D eigenvalue weighted by atomic mass is 10.1. The highest BCUT2D eigenvalue weighted by atomic mass is 32.2. The van der Waals surface area contributed by atoms with Crippen LogP contribution in [0.4, 0.5) is 11.4 Å². The predicted molar refractivity (Wildman–Crippen MR) is 128 cm³/mol. The minimum Gasteiger partial charge on any atom is -0.324 e. The second kappa shape index (κ2) is 8.84. The summed E-state index contributed by atoms with van der Waals surface area (Å²) in [4.78, 5) is 25.3. The summed E-state index contributed by atoms with van der Waals surface area (Å²) in [5.74, 6) is -0.427. The van der Waals surface area contributed by atoms with E-state index in [1.807, 2.05) is 32.9 Å². The number of thiazole rings is 1. The first-order valence-corrected chi connectivity index (χ1v) is 12.7. The van der Waals surface area contributed by atoms with E-state index >= 15 is 0 Å². The number of amides is 1. The van der Waals surface area contributed by atoms with E-state index in [1.165, 1.54) is 0 Å². The first kappa shape index (κ1) is 23.0. The predicted octanol–water partition coefficient (Wildman–Crippen LogP) is 4.14. The number of carbonyl (C=O) groups is 1. The zero-order valence-corrected chi connectivity index (χ0v) is 19.9. The molecule has 7 nitrogen and oxygen atoms in total. The molecule has 1 aromatic heterocycles. The molecule has 0 saturated heterocycles. The van der Waals surface area contributed by atoms with Crippen LogP contribution in [-0.4, -0.2) is 31.2 Å². The van der Waals surface area contributed by atoms with Gasteiger partial charge in [0.2, 0.25) is 15.9 Å². The van der Waals surface area contributed by atoms with Crippen LogP contribution in [0.15, 0.2) is 47.3 Å². The third-order valence-corrected chi connectivity index (χ3v) is 7.11. The van der Waals surface area contributed by atoms with Crippen molar-refractivity contribution in [1.82, 2.24) is 4.57 Å². The van der Waals surface area contributed by atoms with E-state index in [-0.39, 0.29) is 10.9 Å². The van der Waals surface area contributed by atoms with E-state index in [1.54, 1.807) is 41.8 Å². The molecule has 2 aromatic carbocycles. The SMILES string of the molecule is CCC(C(=O)Nc1ccc2c(c1)sc(=O)n2C(C)C)N(c1ccc(C)cc1)S(C)(=O)=O. The molecule has 0 fully saturated rings. The molecule has 3 aromatic rings. The Labute approximate surface area is 186 Å². The Balaban J connectivity index is 1.94. The topological polar surface area (TPSA) is 88.5 Å². The van der Waals surface area contributed by atoms with Gasteiger partial charge in [0, 0.05) is 11.7 Å². The Kier molecular flexibility index (Phi) is 6.56. The van der Waals surface area contributed by atoms with Crippen LogP contribution >= 0.6 is 11.3 Å². The lowest BCUT2D eigenvalue weighted by Gasteiger charge is -2.30. The number of anilines is 2. The highest BCUT2D eigenvalue weighted by molar-refractivity contribution is 7.92. The molecule has 0 saturated carbocycles. The van der Waals surface area contributed by atoms with Gasteiger partial charge in [-0.15, -0.1) is 0 Å². The monoisotopic (exact) mass is 461 g/mol. The molecular weight excluding hydrogens is 434 g/mol. The minimum absolute atomic E-state index is 0.0315. The molecule has 1 N–H and O–H groups in total. The number of sulfonamides is 1. The molecule has 31 heavy (non-hydrogen) atoms. The second-order valence-corrected chi connectivity index (χ2v) is 10.7. The zero-order chi connectivity index (χ0) is 22.9. The molecule has 1 atom stereocenters. The van der Waals surface area contributed by atoms with Crippen LogP contribution in [0.2, 0.25) is 0 Å². The molecule has 3 rings (SSSR count). The molecule has 0 bridgehead atoms. The third kappa shape index (κ3) is 4.83. The van der Waals surface area contributed by atoms with Crippen LogP contribution in [0.5, 0.6) is 0 Å². The number of rotatable bonds is 7. The van der Waals surface area contributed by atoms with Gasteiger partial charge in [0.05, 0.1) is 22.2 Å². The number of fused-ring (bicyclic) bond motifs is 1. The number of hydrogen-bond donors (Lipinski definition) is 1. The maximum Gasteiger partial charge on any atom is 0.308 e. The molecule has 9 heteroatoms. The van der Waals surface area contributed by atoms with Gasteiger partial charge in [-0.2, -0.15) is 0 Å². The highest BCUT2D eigenvalue weighted by Gasteiger charge is 2.31. The van der Waals surface area contributed by atoms with Crippen LogP contribution in [0.25, 0.3) is 10.2 Å². The van der Waals surface area contributed by atoms with Gasteiger partial charge in [0.15, 0.2) is 0 Å². The maximum absolute atomic E-state index is 13.1. The van der Waals surface area contributed by atoms with E-state index in [0.717, 1.165) is 37.7 Å². The number of benzene rings is 2. The van der Waals surface area contributed by atoms with E-state index in [4.69, 9.17) is 0 Å². The Morgan fingerprint density at radius 3 is 2.35 bits per heavy atom. The van der Waals surface area contributed by atoms with Gasteiger partial charge in [-0.1, -0.05) is 36.0 Å². The minimum atomic E-state index is -3.70. The van der Waals surface area contributed by atoms with Crippen LogP contribution in [0, 0.1) is 6.92 Å². The number of aromatic nitrogens is 1. The fraction of sp³-hybridized carbons (Fsp3) is 0.364. The average Bonchev–Trinajstić information content (AvgIpc) is 3.01. The van der Waals surface area contributed by atoms with E-state index in [9.17, 15) is 18.0 Å². The van der Waals surface area contributed by atoms with Gasteiger partial charge in [-0.3, -0.25) is 18.5 Å². The summed E-state index contributed by atoms with van der Waals surface area (Å²) in [6, 6.07) is 11.4. The summed E-state index contributed by atoms with van der Waals surface area (Å²) < 4.78 is 28.8. The summed E-state index contributed by atoms with van der Waals surface area (Å²) in [5.41, 5.74) is 2.77. The van der Waals surface area contributed by atoms with Gasteiger partial charge < -0.3 is 5.32 Å². The summed E-state index contributed by atoms with van der Waals surface area (Å²) in [5, 5.41) is 2.83. The molecule has 1 heterocycles. The van der Waals surface area contributed by atoms with Crippen molar-refractivity contribution in [2.24, 2.45) is 0 Å². The van der Waals surface area contributed by atoms with Gasteiger partial charge in [0.25, 0.3) is 0 Å². The lowest BCUT2D eigenvalue weighted by molar-refractivity contribution is -0.117. The van der Waals surface area contributed by atoms with Crippen molar-refractivity contribution in [3.8, 4) is 0 Å². The summed E-state index contributed by atoms with van der Waals surface area (Å²) in [6.45, 7) is 7.57. The van der Waals surface area contributed by atoms with Crippen LogP contribution in [0.3, 0.4) is 0 Å². The molecule has 0 aliphatic heterocycles. The summed E-state index contributed by atoms with van der Waals surface area (Å²) in [7, 11) is -3.70. The molecule has 1 unspecified atom stereocenters. The second-order valence-electron chi connectivity index (χ2n) is 7.82. The number of nitrogens with zero attached hydrogens (tertiary/aromatic N) is 2. The van der Waals surface area contributed by atoms with Crippen molar-refractivity contribution < 1.29 is 13.2 Å². The number of nitrogens with one attached hydrogen (secondary N) is 1. The molecule has 0 aliphatic carbocycles. The Morgan fingerprint density at radius 1 is 1.16 bits per heavy atom. The number of hydrogen-bond acceptors (Lipinski definition) is 5. The van der Waals surface area contributed by atoms with Gasteiger partial charge in [0.1, 0.15) is 6.04 Å². The fourth-order valence-corrected chi connectivity index (χ4v) is 5.84. The molecule has 1 amide bonds.